The number of nitrogens with zero attached hydrogens (tertiary/aromatic N) is 2. The molecular formula is C16H29F3IN5O3S. The van der Waals surface area contributed by atoms with Gasteiger partial charge in [-0.2, -0.15) is 17.5 Å². The van der Waals surface area contributed by atoms with Crippen LogP contribution < -0.4 is 16.0 Å². The zero-order valence-corrected chi connectivity index (χ0v) is 19.4. The summed E-state index contributed by atoms with van der Waals surface area (Å²) in [4.78, 5) is 15.8. The molecule has 1 saturated heterocycles. The molecule has 1 amide bonds. The number of nitrogens with one attached hydrogen (secondary N) is 3. The molecule has 1 aliphatic heterocycles. The van der Waals surface area contributed by atoms with E-state index in [0.29, 0.717) is 29.8 Å². The van der Waals surface area contributed by atoms with Crippen LogP contribution in [0.25, 0.3) is 0 Å². The molecule has 0 bridgehead atoms. The van der Waals surface area contributed by atoms with Gasteiger partial charge in [0.05, 0.1) is 0 Å². The van der Waals surface area contributed by atoms with Gasteiger partial charge in [-0.05, 0) is 32.1 Å². The van der Waals surface area contributed by atoms with E-state index in [0.717, 1.165) is 19.3 Å². The van der Waals surface area contributed by atoms with E-state index in [1.165, 1.54) is 0 Å². The molecule has 0 aromatic rings. The number of halogens is 4. The lowest BCUT2D eigenvalue weighted by atomic mass is 9.85. The molecule has 0 atom stereocenters. The standard InChI is InChI=1S/C16H28F3N5O3S.HI/c1-20-15(22-9-3-8-21-14(25)12-4-2-5-12)23-13-6-10-24(11-7-13)28(26,27)16(17,18)19;/h12-13H,2-11H2,1H3,(H,21,25)(H2,20,22,23);1H. The van der Waals surface area contributed by atoms with Crippen molar-refractivity contribution >= 4 is 45.9 Å². The molecule has 1 aliphatic carbocycles. The number of guanidine groups is 1. The van der Waals surface area contributed by atoms with Gasteiger partial charge in [0, 0.05) is 45.2 Å². The summed E-state index contributed by atoms with van der Waals surface area (Å²) >= 11 is 0. The van der Waals surface area contributed by atoms with E-state index in [-0.39, 0.29) is 67.8 Å². The molecule has 1 heterocycles. The summed E-state index contributed by atoms with van der Waals surface area (Å²) in [5.41, 5.74) is -5.26. The van der Waals surface area contributed by atoms with Crippen LogP contribution in [0.3, 0.4) is 0 Å². The molecule has 0 spiro atoms. The number of hydrogen-bond donors (Lipinski definition) is 3. The fraction of sp³-hybridized carbons (Fsp3) is 0.875. The maximum atomic E-state index is 12.6. The maximum absolute atomic E-state index is 12.6. The van der Waals surface area contributed by atoms with Gasteiger partial charge < -0.3 is 16.0 Å². The Kier molecular flexibility index (Phi) is 10.4. The van der Waals surface area contributed by atoms with Crippen molar-refractivity contribution in [3.63, 3.8) is 0 Å². The number of piperidine rings is 1. The van der Waals surface area contributed by atoms with E-state index in [2.05, 4.69) is 20.9 Å². The number of aliphatic imine (C=N–C) groups is 1. The monoisotopic (exact) mass is 555 g/mol. The molecular weight excluding hydrogens is 526 g/mol. The lowest BCUT2D eigenvalue weighted by Crippen LogP contribution is -2.51. The van der Waals surface area contributed by atoms with Crippen LogP contribution in [0, 0.1) is 5.92 Å². The topological polar surface area (TPSA) is 103 Å². The molecule has 0 radical (unpaired) electrons. The summed E-state index contributed by atoms with van der Waals surface area (Å²) in [5.74, 6) is 0.770. The largest absolute Gasteiger partial charge is 0.511 e. The Morgan fingerprint density at radius 1 is 1.10 bits per heavy atom. The number of hydrogen-bond acceptors (Lipinski definition) is 4. The summed E-state index contributed by atoms with van der Waals surface area (Å²) < 4.78 is 61.1. The summed E-state index contributed by atoms with van der Waals surface area (Å²) in [6, 6.07) is -0.163. The summed E-state index contributed by atoms with van der Waals surface area (Å²) in [6.07, 6.45) is 4.26. The van der Waals surface area contributed by atoms with Crippen molar-refractivity contribution < 1.29 is 26.4 Å². The first-order chi connectivity index (χ1) is 13.1. The van der Waals surface area contributed by atoms with Gasteiger partial charge in [0.2, 0.25) is 5.91 Å². The Labute approximate surface area is 186 Å². The lowest BCUT2D eigenvalue weighted by molar-refractivity contribution is -0.127. The molecule has 0 unspecified atom stereocenters. The van der Waals surface area contributed by atoms with Gasteiger partial charge in [-0.15, -0.1) is 24.0 Å². The first-order valence-electron chi connectivity index (χ1n) is 9.46. The minimum absolute atomic E-state index is 0. The van der Waals surface area contributed by atoms with E-state index in [1.807, 2.05) is 0 Å². The smallest absolute Gasteiger partial charge is 0.356 e. The van der Waals surface area contributed by atoms with Crippen LogP contribution in [0.4, 0.5) is 13.2 Å². The average molecular weight is 555 g/mol. The fourth-order valence-corrected chi connectivity index (χ4v) is 4.08. The van der Waals surface area contributed by atoms with Gasteiger partial charge in [0.25, 0.3) is 0 Å². The minimum Gasteiger partial charge on any atom is -0.356 e. The predicted molar refractivity (Wildman–Crippen MR) is 114 cm³/mol. The third kappa shape index (κ3) is 7.42. The highest BCUT2D eigenvalue weighted by atomic mass is 127. The second-order valence-electron chi connectivity index (χ2n) is 7.04. The zero-order valence-electron chi connectivity index (χ0n) is 16.3. The Balaban J connectivity index is 0.00000420. The maximum Gasteiger partial charge on any atom is 0.511 e. The Bertz CT molecular complexity index is 663. The molecule has 2 aliphatic rings. The highest BCUT2D eigenvalue weighted by Crippen LogP contribution is 2.29. The van der Waals surface area contributed by atoms with Crippen LogP contribution >= 0.6 is 24.0 Å². The van der Waals surface area contributed by atoms with Crippen LogP contribution in [0.1, 0.15) is 38.5 Å². The van der Waals surface area contributed by atoms with Crippen LogP contribution in [0.5, 0.6) is 0 Å². The molecule has 0 aromatic heterocycles. The summed E-state index contributed by atoms with van der Waals surface area (Å²) in [6.45, 7) is 0.756. The first-order valence-corrected chi connectivity index (χ1v) is 10.9. The van der Waals surface area contributed by atoms with E-state index < -0.39 is 15.5 Å². The molecule has 29 heavy (non-hydrogen) atoms. The molecule has 2 rings (SSSR count). The summed E-state index contributed by atoms with van der Waals surface area (Å²) in [5, 5.41) is 9.09. The van der Waals surface area contributed by atoms with Gasteiger partial charge in [-0.25, -0.2) is 8.42 Å². The first kappa shape index (κ1) is 26.2. The van der Waals surface area contributed by atoms with Crippen molar-refractivity contribution in [1.29, 1.82) is 0 Å². The number of alkyl halides is 3. The van der Waals surface area contributed by atoms with E-state index in [1.54, 1.807) is 7.05 Å². The summed E-state index contributed by atoms with van der Waals surface area (Å²) in [7, 11) is -3.68. The number of rotatable bonds is 7. The second-order valence-corrected chi connectivity index (χ2v) is 8.97. The van der Waals surface area contributed by atoms with Gasteiger partial charge in [0.15, 0.2) is 5.96 Å². The fourth-order valence-electron chi connectivity index (χ4n) is 3.10. The molecule has 3 N–H and O–H groups in total. The van der Waals surface area contributed by atoms with Gasteiger partial charge in [-0.3, -0.25) is 9.79 Å². The van der Waals surface area contributed by atoms with Gasteiger partial charge >= 0.3 is 15.5 Å². The van der Waals surface area contributed by atoms with Gasteiger partial charge in [-0.1, -0.05) is 6.42 Å². The van der Waals surface area contributed by atoms with Crippen molar-refractivity contribution in [3.8, 4) is 0 Å². The molecule has 0 aromatic carbocycles. The molecule has 1 saturated carbocycles. The minimum atomic E-state index is -5.26. The van der Waals surface area contributed by atoms with E-state index in [9.17, 15) is 26.4 Å². The third-order valence-electron chi connectivity index (χ3n) is 5.07. The molecule has 2 fully saturated rings. The highest BCUT2D eigenvalue weighted by molar-refractivity contribution is 14.0. The van der Waals surface area contributed by atoms with Crippen molar-refractivity contribution in [3.05, 3.63) is 0 Å². The predicted octanol–water partition coefficient (Wildman–Crippen LogP) is 1.39. The Morgan fingerprint density at radius 2 is 1.69 bits per heavy atom. The quantitative estimate of drug-likeness (QED) is 0.191. The number of carbonyl (C=O) groups excluding carboxylic acids is 1. The number of carbonyl (C=O) groups is 1. The van der Waals surface area contributed by atoms with Crippen LogP contribution in [-0.2, 0) is 14.8 Å². The zero-order chi connectivity index (χ0) is 20.8. The van der Waals surface area contributed by atoms with E-state index >= 15 is 0 Å². The van der Waals surface area contributed by atoms with Crippen molar-refractivity contribution in [2.75, 3.05) is 33.2 Å². The van der Waals surface area contributed by atoms with Crippen LogP contribution in [-0.4, -0.2) is 69.4 Å². The SMILES string of the molecule is CN=C(NCCCNC(=O)C1CCC1)NC1CCN(S(=O)(=O)C(F)(F)F)CC1.I. The number of amides is 1. The molecule has 8 nitrogen and oxygen atoms in total. The van der Waals surface area contributed by atoms with Crippen molar-refractivity contribution in [2.45, 2.75) is 50.1 Å². The molecule has 13 heteroatoms. The second kappa shape index (κ2) is 11.5. The average Bonchev–Trinajstić information content (AvgIpc) is 2.58. The highest BCUT2D eigenvalue weighted by Gasteiger charge is 2.50. The van der Waals surface area contributed by atoms with E-state index in [4.69, 9.17) is 0 Å². The lowest BCUT2D eigenvalue weighted by Gasteiger charge is -2.32. The van der Waals surface area contributed by atoms with Gasteiger partial charge in [0.1, 0.15) is 0 Å². The van der Waals surface area contributed by atoms with Crippen molar-refractivity contribution in [2.24, 2.45) is 10.9 Å². The Hall–Kier alpha value is -0.830. The molecule has 170 valence electrons. The Morgan fingerprint density at radius 3 is 2.17 bits per heavy atom. The van der Waals surface area contributed by atoms with Crippen molar-refractivity contribution in [1.82, 2.24) is 20.3 Å². The van der Waals surface area contributed by atoms with Crippen LogP contribution in [0.15, 0.2) is 4.99 Å². The third-order valence-corrected chi connectivity index (χ3v) is 6.70. The number of sulfonamides is 1. The normalized spacial score (nSPS) is 19.8. The van der Waals surface area contributed by atoms with Crippen LogP contribution in [0.2, 0.25) is 0 Å².